The van der Waals surface area contributed by atoms with Gasteiger partial charge in [0.05, 0.1) is 12.3 Å². The third-order valence-corrected chi connectivity index (χ3v) is 3.08. The summed E-state index contributed by atoms with van der Waals surface area (Å²) >= 11 is 0. The largest absolute Gasteiger partial charge is 0.488 e. The van der Waals surface area contributed by atoms with Crippen molar-refractivity contribution in [1.82, 2.24) is 5.43 Å². The Bertz CT molecular complexity index is 556. The van der Waals surface area contributed by atoms with Gasteiger partial charge in [-0.05, 0) is 18.1 Å². The van der Waals surface area contributed by atoms with Crippen molar-refractivity contribution in [2.24, 2.45) is 16.8 Å². The number of nitrogens with one attached hydrogen (secondary N) is 1. The van der Waals surface area contributed by atoms with Gasteiger partial charge in [-0.3, -0.25) is 4.79 Å². The molecule has 0 saturated carbocycles. The van der Waals surface area contributed by atoms with Gasteiger partial charge in [0.2, 0.25) is 0 Å². The Kier molecular flexibility index (Phi) is 6.39. The molecule has 5 nitrogen and oxygen atoms in total. The SMILES string of the molecule is CC(C)C(N)C(=O)NN=CC1=Cc2ccccc2OC1.Cl. The van der Waals surface area contributed by atoms with Gasteiger partial charge < -0.3 is 10.5 Å². The van der Waals surface area contributed by atoms with Crippen LogP contribution in [0, 0.1) is 5.92 Å². The number of hydrogen-bond acceptors (Lipinski definition) is 4. The average molecular weight is 310 g/mol. The lowest BCUT2D eigenvalue weighted by atomic mass is 10.1. The van der Waals surface area contributed by atoms with Gasteiger partial charge in [0.1, 0.15) is 12.4 Å². The van der Waals surface area contributed by atoms with Gasteiger partial charge in [-0.15, -0.1) is 12.4 Å². The van der Waals surface area contributed by atoms with Gasteiger partial charge in [-0.2, -0.15) is 5.10 Å². The number of benzene rings is 1. The lowest BCUT2D eigenvalue weighted by Crippen LogP contribution is -2.42. The summed E-state index contributed by atoms with van der Waals surface area (Å²) in [6.07, 6.45) is 3.57. The molecule has 0 radical (unpaired) electrons. The molecule has 1 unspecified atom stereocenters. The van der Waals surface area contributed by atoms with E-state index in [1.165, 1.54) is 0 Å². The Morgan fingerprint density at radius 3 is 2.86 bits per heavy atom. The predicted octanol–water partition coefficient (Wildman–Crippen LogP) is 1.97. The van der Waals surface area contributed by atoms with E-state index in [0.29, 0.717) is 6.61 Å². The highest BCUT2D eigenvalue weighted by molar-refractivity contribution is 5.89. The van der Waals surface area contributed by atoms with Crippen molar-refractivity contribution in [3.63, 3.8) is 0 Å². The molecule has 0 fully saturated rings. The molecule has 1 heterocycles. The van der Waals surface area contributed by atoms with Crippen molar-refractivity contribution >= 4 is 30.6 Å². The van der Waals surface area contributed by atoms with Crippen LogP contribution in [0.2, 0.25) is 0 Å². The topological polar surface area (TPSA) is 76.7 Å². The highest BCUT2D eigenvalue weighted by atomic mass is 35.5. The number of amides is 1. The predicted molar refractivity (Wildman–Crippen MR) is 86.6 cm³/mol. The van der Waals surface area contributed by atoms with E-state index in [1.54, 1.807) is 6.21 Å². The Labute approximate surface area is 130 Å². The molecule has 114 valence electrons. The van der Waals surface area contributed by atoms with Gasteiger partial charge in [-0.25, -0.2) is 5.43 Å². The van der Waals surface area contributed by atoms with Crippen molar-refractivity contribution < 1.29 is 9.53 Å². The number of hydrogen-bond donors (Lipinski definition) is 2. The number of para-hydroxylation sites is 1. The van der Waals surface area contributed by atoms with Crippen molar-refractivity contribution in [3.8, 4) is 5.75 Å². The fraction of sp³-hybridized carbons (Fsp3) is 0.333. The second kappa shape index (κ2) is 7.81. The van der Waals surface area contributed by atoms with E-state index in [9.17, 15) is 4.79 Å². The molecule has 1 amide bonds. The van der Waals surface area contributed by atoms with Crippen LogP contribution in [0.3, 0.4) is 0 Å². The number of carbonyl (C=O) groups is 1. The number of rotatable bonds is 4. The standard InChI is InChI=1S/C15H19N3O2.ClH/c1-10(2)14(16)15(19)18-17-8-11-7-12-5-3-4-6-13(12)20-9-11;/h3-8,10,14H,9,16H2,1-2H3,(H,18,19);1H. The first-order chi connectivity index (χ1) is 9.58. The molecule has 1 atom stereocenters. The maximum absolute atomic E-state index is 11.6. The lowest BCUT2D eigenvalue weighted by Gasteiger charge is -2.15. The zero-order valence-electron chi connectivity index (χ0n) is 12.1. The third kappa shape index (κ3) is 4.58. The zero-order valence-corrected chi connectivity index (χ0v) is 12.9. The van der Waals surface area contributed by atoms with Crippen LogP contribution in [0.15, 0.2) is 34.9 Å². The van der Waals surface area contributed by atoms with E-state index < -0.39 is 6.04 Å². The maximum Gasteiger partial charge on any atom is 0.257 e. The lowest BCUT2D eigenvalue weighted by molar-refractivity contribution is -0.123. The molecule has 1 aromatic carbocycles. The van der Waals surface area contributed by atoms with Crippen LogP contribution < -0.4 is 15.9 Å². The highest BCUT2D eigenvalue weighted by Crippen LogP contribution is 2.24. The molecule has 1 aliphatic rings. The molecule has 1 aromatic rings. The van der Waals surface area contributed by atoms with Crippen molar-refractivity contribution in [2.45, 2.75) is 19.9 Å². The van der Waals surface area contributed by atoms with E-state index in [4.69, 9.17) is 10.5 Å². The summed E-state index contributed by atoms with van der Waals surface area (Å²) in [5.41, 5.74) is 10.1. The zero-order chi connectivity index (χ0) is 14.5. The fourth-order valence-corrected chi connectivity index (χ4v) is 1.76. The molecule has 2 rings (SSSR count). The van der Waals surface area contributed by atoms with Crippen molar-refractivity contribution in [1.29, 1.82) is 0 Å². The van der Waals surface area contributed by atoms with Crippen LogP contribution >= 0.6 is 12.4 Å². The number of ether oxygens (including phenoxy) is 1. The second-order valence-electron chi connectivity index (χ2n) is 5.05. The van der Waals surface area contributed by atoms with Crippen LogP contribution in [-0.4, -0.2) is 24.8 Å². The molecule has 0 bridgehead atoms. The summed E-state index contributed by atoms with van der Waals surface area (Å²) in [5.74, 6) is 0.652. The van der Waals surface area contributed by atoms with E-state index in [1.807, 2.05) is 44.2 Å². The number of fused-ring (bicyclic) bond motifs is 1. The van der Waals surface area contributed by atoms with Gasteiger partial charge >= 0.3 is 0 Å². The minimum atomic E-state index is -0.551. The van der Waals surface area contributed by atoms with Gasteiger partial charge in [-0.1, -0.05) is 32.0 Å². The van der Waals surface area contributed by atoms with Crippen LogP contribution in [0.25, 0.3) is 6.08 Å². The van der Waals surface area contributed by atoms with Crippen molar-refractivity contribution in [2.75, 3.05) is 6.61 Å². The first-order valence-electron chi connectivity index (χ1n) is 6.59. The molecule has 6 heteroatoms. The van der Waals surface area contributed by atoms with Gasteiger partial charge in [0.25, 0.3) is 5.91 Å². The quantitative estimate of drug-likeness (QED) is 0.659. The minimum absolute atomic E-state index is 0. The third-order valence-electron chi connectivity index (χ3n) is 3.08. The van der Waals surface area contributed by atoms with Crippen molar-refractivity contribution in [3.05, 3.63) is 35.4 Å². The summed E-state index contributed by atoms with van der Waals surface area (Å²) in [4.78, 5) is 11.6. The average Bonchev–Trinajstić information content (AvgIpc) is 2.46. The second-order valence-corrected chi connectivity index (χ2v) is 5.05. The molecule has 0 saturated heterocycles. The smallest absolute Gasteiger partial charge is 0.257 e. The Hall–Kier alpha value is -1.85. The number of nitrogens with two attached hydrogens (primary N) is 1. The van der Waals surface area contributed by atoms with E-state index in [2.05, 4.69) is 10.5 Å². The first kappa shape index (κ1) is 17.2. The van der Waals surface area contributed by atoms with E-state index in [0.717, 1.165) is 16.9 Å². The summed E-state index contributed by atoms with van der Waals surface area (Å²) in [5, 5.41) is 3.92. The number of nitrogens with zero attached hydrogens (tertiary/aromatic N) is 1. The Balaban J connectivity index is 0.00000220. The van der Waals surface area contributed by atoms with Crippen LogP contribution in [-0.2, 0) is 4.79 Å². The molecule has 0 spiro atoms. The fourth-order valence-electron chi connectivity index (χ4n) is 1.76. The summed E-state index contributed by atoms with van der Waals surface area (Å²) in [6.45, 7) is 4.22. The molecular formula is C15H20ClN3O2. The summed E-state index contributed by atoms with van der Waals surface area (Å²) < 4.78 is 5.58. The highest BCUT2D eigenvalue weighted by Gasteiger charge is 2.16. The Morgan fingerprint density at radius 1 is 1.43 bits per heavy atom. The molecule has 0 aromatic heterocycles. The molecule has 0 aliphatic carbocycles. The number of halogens is 1. The van der Waals surface area contributed by atoms with Crippen LogP contribution in [0.5, 0.6) is 5.75 Å². The number of carbonyl (C=O) groups excluding carboxylic acids is 1. The number of hydrazone groups is 1. The van der Waals surface area contributed by atoms with E-state index >= 15 is 0 Å². The van der Waals surface area contributed by atoms with Crippen LogP contribution in [0.1, 0.15) is 19.4 Å². The maximum atomic E-state index is 11.6. The monoisotopic (exact) mass is 309 g/mol. The summed E-state index contributed by atoms with van der Waals surface area (Å²) in [7, 11) is 0. The minimum Gasteiger partial charge on any atom is -0.488 e. The molecular weight excluding hydrogens is 290 g/mol. The first-order valence-corrected chi connectivity index (χ1v) is 6.59. The molecule has 1 aliphatic heterocycles. The summed E-state index contributed by atoms with van der Waals surface area (Å²) in [6, 6.07) is 7.21. The Morgan fingerprint density at radius 2 is 2.14 bits per heavy atom. The van der Waals surface area contributed by atoms with Gasteiger partial charge in [0, 0.05) is 11.1 Å². The molecule has 21 heavy (non-hydrogen) atoms. The normalized spacial score (nSPS) is 14.8. The van der Waals surface area contributed by atoms with E-state index in [-0.39, 0.29) is 24.2 Å². The van der Waals surface area contributed by atoms with Gasteiger partial charge in [0.15, 0.2) is 0 Å². The van der Waals surface area contributed by atoms with Crippen LogP contribution in [0.4, 0.5) is 0 Å². The molecule has 3 N–H and O–H groups in total.